The fourth-order valence-electron chi connectivity index (χ4n) is 3.80. The summed E-state index contributed by atoms with van der Waals surface area (Å²) in [6, 6.07) is 15.0. The molecule has 3 aromatic rings. The van der Waals surface area contributed by atoms with Crippen molar-refractivity contribution in [2.75, 3.05) is 0 Å². The van der Waals surface area contributed by atoms with Crippen LogP contribution in [-0.4, -0.2) is 22.4 Å². The number of fused-ring (bicyclic) bond motifs is 1. The summed E-state index contributed by atoms with van der Waals surface area (Å²) in [7, 11) is 0. The Kier molecular flexibility index (Phi) is 6.30. The Morgan fingerprint density at radius 2 is 1.88 bits per heavy atom. The number of rotatable bonds is 6. The highest BCUT2D eigenvalue weighted by Crippen LogP contribution is 2.30. The molecule has 1 heterocycles. The van der Waals surface area contributed by atoms with Crippen LogP contribution in [0, 0.1) is 17.0 Å². The van der Waals surface area contributed by atoms with Gasteiger partial charge in [-0.2, -0.15) is 5.10 Å². The van der Waals surface area contributed by atoms with Crippen molar-refractivity contribution >= 4 is 23.2 Å². The number of amides is 2. The molecular formula is C24H22N4O5. The van der Waals surface area contributed by atoms with E-state index in [9.17, 15) is 19.7 Å². The highest BCUT2D eigenvalue weighted by Gasteiger charge is 2.28. The van der Waals surface area contributed by atoms with Crippen LogP contribution in [0.4, 0.5) is 5.69 Å². The first-order chi connectivity index (χ1) is 15.9. The van der Waals surface area contributed by atoms with E-state index in [2.05, 4.69) is 15.8 Å². The average Bonchev–Trinajstić information content (AvgIpc) is 3.18. The standard InChI is InChI=1S/C24H22N4O5/c1-15-21-19(26-27-23(29)17-9-5-10-18(13-17)28(31)32)11-6-12-20(21)33-22(15)24(30)25-14-16-7-3-2-4-8-16/h2-5,7-10,13H,6,11-12,14H2,1H3,(H,25,30)(H,27,29)/b26-19+. The predicted octanol–water partition coefficient (Wildman–Crippen LogP) is 3.90. The lowest BCUT2D eigenvalue weighted by atomic mass is 9.93. The minimum absolute atomic E-state index is 0.134. The second-order valence-corrected chi connectivity index (χ2v) is 7.68. The third-order valence-electron chi connectivity index (χ3n) is 5.44. The summed E-state index contributed by atoms with van der Waals surface area (Å²) in [5.74, 6) is 0.0218. The van der Waals surface area contributed by atoms with Gasteiger partial charge in [0.25, 0.3) is 17.5 Å². The van der Waals surface area contributed by atoms with Crippen molar-refractivity contribution in [1.82, 2.24) is 10.7 Å². The monoisotopic (exact) mass is 446 g/mol. The largest absolute Gasteiger partial charge is 0.455 e. The summed E-state index contributed by atoms with van der Waals surface area (Å²) in [5, 5.41) is 18.1. The van der Waals surface area contributed by atoms with Gasteiger partial charge in [-0.1, -0.05) is 36.4 Å². The maximum atomic E-state index is 12.7. The second kappa shape index (κ2) is 9.47. The number of non-ortho nitro benzene ring substituents is 1. The maximum Gasteiger partial charge on any atom is 0.287 e. The molecule has 2 amide bonds. The lowest BCUT2D eigenvalue weighted by Crippen LogP contribution is -2.23. The molecule has 1 aliphatic rings. The van der Waals surface area contributed by atoms with Crippen molar-refractivity contribution in [2.45, 2.75) is 32.7 Å². The number of nitro benzene ring substituents is 1. The Bertz CT molecular complexity index is 1250. The molecule has 168 valence electrons. The van der Waals surface area contributed by atoms with E-state index in [4.69, 9.17) is 4.42 Å². The van der Waals surface area contributed by atoms with Crippen LogP contribution in [-0.2, 0) is 13.0 Å². The van der Waals surface area contributed by atoms with Gasteiger partial charge in [0.2, 0.25) is 0 Å². The molecule has 9 nitrogen and oxygen atoms in total. The van der Waals surface area contributed by atoms with E-state index in [1.165, 1.54) is 24.3 Å². The molecule has 1 aromatic heterocycles. The fourth-order valence-corrected chi connectivity index (χ4v) is 3.80. The number of carbonyl (C=O) groups is 2. The molecule has 33 heavy (non-hydrogen) atoms. The molecule has 0 aliphatic heterocycles. The van der Waals surface area contributed by atoms with Crippen LogP contribution in [0.15, 0.2) is 64.1 Å². The number of hydrogen-bond donors (Lipinski definition) is 2. The van der Waals surface area contributed by atoms with Crippen molar-refractivity contribution in [1.29, 1.82) is 0 Å². The Morgan fingerprint density at radius 1 is 1.09 bits per heavy atom. The molecule has 0 saturated carbocycles. The first-order valence-electron chi connectivity index (χ1n) is 10.5. The number of nitrogens with zero attached hydrogens (tertiary/aromatic N) is 2. The topological polar surface area (TPSA) is 127 Å². The summed E-state index contributed by atoms with van der Waals surface area (Å²) in [4.78, 5) is 35.6. The predicted molar refractivity (Wildman–Crippen MR) is 121 cm³/mol. The van der Waals surface area contributed by atoms with Gasteiger partial charge in [-0.3, -0.25) is 19.7 Å². The molecule has 0 atom stereocenters. The summed E-state index contributed by atoms with van der Waals surface area (Å²) in [6.07, 6.45) is 2.03. The van der Waals surface area contributed by atoms with Gasteiger partial charge in [-0.05, 0) is 31.4 Å². The van der Waals surface area contributed by atoms with Crippen LogP contribution < -0.4 is 10.7 Å². The van der Waals surface area contributed by atoms with Gasteiger partial charge < -0.3 is 9.73 Å². The minimum Gasteiger partial charge on any atom is -0.455 e. The number of nitro groups is 1. The van der Waals surface area contributed by atoms with E-state index in [-0.39, 0.29) is 22.9 Å². The van der Waals surface area contributed by atoms with Crippen molar-refractivity contribution in [3.63, 3.8) is 0 Å². The van der Waals surface area contributed by atoms with Crippen LogP contribution in [0.25, 0.3) is 0 Å². The van der Waals surface area contributed by atoms with Gasteiger partial charge in [0.1, 0.15) is 5.76 Å². The Morgan fingerprint density at radius 3 is 2.64 bits per heavy atom. The molecule has 2 aromatic carbocycles. The average molecular weight is 446 g/mol. The molecule has 0 fully saturated rings. The number of benzene rings is 2. The molecule has 0 bridgehead atoms. The molecule has 0 spiro atoms. The summed E-state index contributed by atoms with van der Waals surface area (Å²) < 4.78 is 5.87. The van der Waals surface area contributed by atoms with Crippen LogP contribution in [0.2, 0.25) is 0 Å². The molecule has 0 saturated heterocycles. The third kappa shape index (κ3) is 4.82. The first-order valence-corrected chi connectivity index (χ1v) is 10.5. The number of aryl methyl sites for hydroxylation is 1. The fraction of sp³-hybridized carbons (Fsp3) is 0.208. The van der Waals surface area contributed by atoms with Crippen molar-refractivity contribution < 1.29 is 18.9 Å². The maximum absolute atomic E-state index is 12.7. The molecule has 2 N–H and O–H groups in total. The van der Waals surface area contributed by atoms with E-state index >= 15 is 0 Å². The van der Waals surface area contributed by atoms with E-state index in [0.29, 0.717) is 36.4 Å². The zero-order chi connectivity index (χ0) is 23.4. The Balaban J connectivity index is 1.51. The first kappa shape index (κ1) is 21.9. The van der Waals surface area contributed by atoms with Gasteiger partial charge in [0, 0.05) is 41.8 Å². The molecule has 0 radical (unpaired) electrons. The quantitative estimate of drug-likeness (QED) is 0.439. The van der Waals surface area contributed by atoms with E-state index in [1.807, 2.05) is 30.3 Å². The van der Waals surface area contributed by atoms with Crippen molar-refractivity contribution in [2.24, 2.45) is 5.10 Å². The van der Waals surface area contributed by atoms with Crippen LogP contribution >= 0.6 is 0 Å². The van der Waals surface area contributed by atoms with Gasteiger partial charge in [-0.25, -0.2) is 5.43 Å². The normalized spacial score (nSPS) is 13.9. The summed E-state index contributed by atoms with van der Waals surface area (Å²) in [6.45, 7) is 2.17. The molecule has 4 rings (SSSR count). The highest BCUT2D eigenvalue weighted by atomic mass is 16.6. The lowest BCUT2D eigenvalue weighted by Gasteiger charge is -2.13. The molecule has 0 unspecified atom stereocenters. The van der Waals surface area contributed by atoms with Crippen molar-refractivity contribution in [3.8, 4) is 0 Å². The van der Waals surface area contributed by atoms with E-state index in [1.54, 1.807) is 6.92 Å². The van der Waals surface area contributed by atoms with Gasteiger partial charge in [0.05, 0.1) is 10.6 Å². The smallest absolute Gasteiger partial charge is 0.287 e. The van der Waals surface area contributed by atoms with Gasteiger partial charge in [-0.15, -0.1) is 0 Å². The number of furan rings is 1. The SMILES string of the molecule is Cc1c(C(=O)NCc2ccccc2)oc2c1/C(=N/NC(=O)c1cccc([N+](=O)[O-])c1)CCC2. The minimum atomic E-state index is -0.560. The van der Waals surface area contributed by atoms with Gasteiger partial charge >= 0.3 is 0 Å². The van der Waals surface area contributed by atoms with Crippen LogP contribution in [0.5, 0.6) is 0 Å². The highest BCUT2D eigenvalue weighted by molar-refractivity contribution is 6.07. The van der Waals surface area contributed by atoms with E-state index < -0.39 is 10.8 Å². The van der Waals surface area contributed by atoms with Crippen LogP contribution in [0.1, 0.15) is 56.2 Å². The van der Waals surface area contributed by atoms with Crippen LogP contribution in [0.3, 0.4) is 0 Å². The zero-order valence-electron chi connectivity index (χ0n) is 18.0. The second-order valence-electron chi connectivity index (χ2n) is 7.68. The molecule has 1 aliphatic carbocycles. The van der Waals surface area contributed by atoms with Gasteiger partial charge in [0.15, 0.2) is 5.76 Å². The lowest BCUT2D eigenvalue weighted by molar-refractivity contribution is -0.384. The zero-order valence-corrected chi connectivity index (χ0v) is 18.0. The third-order valence-corrected chi connectivity index (χ3v) is 5.44. The number of hydrogen-bond acceptors (Lipinski definition) is 6. The molecule has 9 heteroatoms. The number of carbonyl (C=O) groups excluding carboxylic acids is 2. The van der Waals surface area contributed by atoms with Crippen molar-refractivity contribution in [3.05, 3.63) is 98.5 Å². The number of nitrogens with one attached hydrogen (secondary N) is 2. The Hall–Kier alpha value is -4.27. The molecular weight excluding hydrogens is 424 g/mol. The summed E-state index contributed by atoms with van der Waals surface area (Å²) >= 11 is 0. The summed E-state index contributed by atoms with van der Waals surface area (Å²) in [5.41, 5.74) is 5.41. The Labute approximate surface area is 189 Å². The number of hydrazone groups is 1. The van der Waals surface area contributed by atoms with E-state index in [0.717, 1.165) is 17.5 Å².